The molecule has 0 atom stereocenters. The van der Waals surface area contributed by atoms with E-state index in [-0.39, 0.29) is 10.2 Å². The van der Waals surface area contributed by atoms with Crippen LogP contribution in [0.5, 0.6) is 0 Å². The lowest BCUT2D eigenvalue weighted by molar-refractivity contribution is 0.399. The van der Waals surface area contributed by atoms with Gasteiger partial charge in [0.25, 0.3) is 10.0 Å². The van der Waals surface area contributed by atoms with E-state index >= 15 is 0 Å². The number of rotatable bonds is 4. The number of pyridine rings is 1. The maximum absolute atomic E-state index is 12.6. The molecule has 3 rings (SSSR count). The molecular weight excluding hydrogens is 298 g/mol. The summed E-state index contributed by atoms with van der Waals surface area (Å²) in [6.45, 7) is 3.80. The maximum Gasteiger partial charge on any atom is 0.260 e. The molecular formula is C13H16ClN3O2S. The van der Waals surface area contributed by atoms with E-state index in [1.807, 2.05) is 13.8 Å². The molecule has 1 aliphatic carbocycles. The number of hydrogen-bond acceptors (Lipinski definition) is 3. The summed E-state index contributed by atoms with van der Waals surface area (Å²) in [6, 6.07) is 5.25. The molecule has 1 saturated carbocycles. The molecule has 20 heavy (non-hydrogen) atoms. The Morgan fingerprint density at radius 3 is 2.75 bits per heavy atom. The van der Waals surface area contributed by atoms with Crippen molar-refractivity contribution in [2.75, 3.05) is 0 Å². The average molecular weight is 314 g/mol. The first-order valence-corrected chi connectivity index (χ1v) is 8.34. The molecule has 0 aromatic carbocycles. The van der Waals surface area contributed by atoms with Gasteiger partial charge in [-0.2, -0.15) is 0 Å². The highest BCUT2D eigenvalue weighted by Crippen LogP contribution is 2.40. The molecule has 2 aromatic rings. The Morgan fingerprint density at radius 1 is 1.40 bits per heavy atom. The normalized spacial score (nSPS) is 16.8. The van der Waals surface area contributed by atoms with Crippen molar-refractivity contribution < 1.29 is 8.42 Å². The summed E-state index contributed by atoms with van der Waals surface area (Å²) in [7, 11) is -3.72. The van der Waals surface area contributed by atoms with Crippen LogP contribution >= 0.6 is 11.6 Å². The first-order valence-electron chi connectivity index (χ1n) is 6.48. The largest absolute Gasteiger partial charge is 0.288 e. The summed E-state index contributed by atoms with van der Waals surface area (Å²) in [5.74, 6) is 0.384. The van der Waals surface area contributed by atoms with Crippen LogP contribution in [-0.4, -0.2) is 23.3 Å². The van der Waals surface area contributed by atoms with Gasteiger partial charge in [0, 0.05) is 11.7 Å². The smallest absolute Gasteiger partial charge is 0.260 e. The van der Waals surface area contributed by atoms with E-state index in [4.69, 9.17) is 11.6 Å². The van der Waals surface area contributed by atoms with Crippen LogP contribution in [0.3, 0.4) is 0 Å². The second kappa shape index (κ2) is 4.44. The fourth-order valence-electron chi connectivity index (χ4n) is 2.47. The number of aromatic nitrogens is 2. The second-order valence-electron chi connectivity index (χ2n) is 5.74. The third kappa shape index (κ3) is 2.32. The number of sulfonamides is 1. The predicted octanol–water partition coefficient (Wildman–Crippen LogP) is 2.45. The third-order valence-electron chi connectivity index (χ3n) is 3.70. The molecule has 0 bridgehead atoms. The molecule has 0 amide bonds. The number of hydrogen-bond donors (Lipinski definition) is 1. The molecule has 7 heteroatoms. The van der Waals surface area contributed by atoms with Crippen molar-refractivity contribution >= 4 is 27.3 Å². The van der Waals surface area contributed by atoms with Crippen molar-refractivity contribution in [3.05, 3.63) is 29.5 Å². The lowest BCUT2D eigenvalue weighted by Crippen LogP contribution is -2.45. The lowest BCUT2D eigenvalue weighted by Gasteiger charge is -2.25. The van der Waals surface area contributed by atoms with Gasteiger partial charge >= 0.3 is 0 Å². The van der Waals surface area contributed by atoms with Gasteiger partial charge < -0.3 is 0 Å². The molecule has 5 nitrogen and oxygen atoms in total. The van der Waals surface area contributed by atoms with E-state index in [1.165, 1.54) is 4.40 Å². The molecule has 0 saturated heterocycles. The van der Waals surface area contributed by atoms with E-state index in [0.29, 0.717) is 11.6 Å². The van der Waals surface area contributed by atoms with Crippen LogP contribution in [-0.2, 0) is 10.0 Å². The molecule has 0 unspecified atom stereocenters. The Bertz CT molecular complexity index is 763. The van der Waals surface area contributed by atoms with Gasteiger partial charge in [-0.15, -0.1) is 0 Å². The van der Waals surface area contributed by atoms with Crippen LogP contribution in [0.25, 0.3) is 5.65 Å². The van der Waals surface area contributed by atoms with Crippen molar-refractivity contribution in [2.24, 2.45) is 5.92 Å². The fraction of sp³-hybridized carbons (Fsp3) is 0.462. The Labute approximate surface area is 123 Å². The Hall–Kier alpha value is -1.11. The summed E-state index contributed by atoms with van der Waals surface area (Å²) in [6.07, 6.45) is 3.75. The van der Waals surface area contributed by atoms with Crippen molar-refractivity contribution in [3.8, 4) is 0 Å². The topological polar surface area (TPSA) is 63.5 Å². The van der Waals surface area contributed by atoms with Crippen LogP contribution < -0.4 is 4.72 Å². The van der Waals surface area contributed by atoms with Crippen LogP contribution in [0.1, 0.15) is 26.7 Å². The standard InChI is InChI=1S/C13H16ClN3O2S/c1-13(2,9-6-7-9)16-20(18,19)12-11(14)15-10-5-3-4-8-17(10)12/h3-5,8-9,16H,6-7H2,1-2H3. The second-order valence-corrected chi connectivity index (χ2v) is 7.69. The van der Waals surface area contributed by atoms with Crippen molar-refractivity contribution in [2.45, 2.75) is 37.3 Å². The monoisotopic (exact) mass is 313 g/mol. The third-order valence-corrected chi connectivity index (χ3v) is 5.77. The molecule has 1 N–H and O–H groups in total. The maximum atomic E-state index is 12.6. The van der Waals surface area contributed by atoms with E-state index < -0.39 is 15.6 Å². The van der Waals surface area contributed by atoms with Gasteiger partial charge in [0.1, 0.15) is 5.65 Å². The molecule has 2 heterocycles. The summed E-state index contributed by atoms with van der Waals surface area (Å²) in [4.78, 5) is 4.08. The van der Waals surface area contributed by atoms with E-state index in [2.05, 4.69) is 9.71 Å². The minimum atomic E-state index is -3.72. The van der Waals surface area contributed by atoms with Crippen molar-refractivity contribution in [3.63, 3.8) is 0 Å². The highest BCUT2D eigenvalue weighted by molar-refractivity contribution is 7.89. The molecule has 0 spiro atoms. The minimum Gasteiger partial charge on any atom is -0.288 e. The highest BCUT2D eigenvalue weighted by atomic mass is 35.5. The molecule has 108 valence electrons. The summed E-state index contributed by atoms with van der Waals surface area (Å²) in [5, 5.41) is -0.00112. The van der Waals surface area contributed by atoms with E-state index in [1.54, 1.807) is 24.4 Å². The lowest BCUT2D eigenvalue weighted by atomic mass is 10.0. The van der Waals surface area contributed by atoms with Crippen LogP contribution in [0.15, 0.2) is 29.4 Å². The SMILES string of the molecule is CC(C)(NS(=O)(=O)c1c(Cl)nc2ccccn12)C1CC1. The van der Waals surface area contributed by atoms with Crippen LogP contribution in [0, 0.1) is 5.92 Å². The van der Waals surface area contributed by atoms with Gasteiger partial charge in [-0.05, 0) is 44.7 Å². The molecule has 0 radical (unpaired) electrons. The fourth-order valence-corrected chi connectivity index (χ4v) is 4.59. The zero-order valence-electron chi connectivity index (χ0n) is 11.3. The van der Waals surface area contributed by atoms with Crippen molar-refractivity contribution in [1.29, 1.82) is 0 Å². The van der Waals surface area contributed by atoms with Gasteiger partial charge in [0.2, 0.25) is 0 Å². The number of fused-ring (bicyclic) bond motifs is 1. The quantitative estimate of drug-likeness (QED) is 0.943. The summed E-state index contributed by atoms with van der Waals surface area (Å²) in [5.41, 5.74) is 0.0447. The Balaban J connectivity index is 2.07. The first-order chi connectivity index (χ1) is 9.31. The van der Waals surface area contributed by atoms with Gasteiger partial charge in [0.15, 0.2) is 10.2 Å². The molecule has 2 aromatic heterocycles. The minimum absolute atomic E-state index is 0.00323. The zero-order chi connectivity index (χ0) is 14.5. The Morgan fingerprint density at radius 2 is 2.10 bits per heavy atom. The molecule has 1 fully saturated rings. The number of nitrogens with one attached hydrogen (secondary N) is 1. The Kier molecular flexibility index (Phi) is 3.08. The van der Waals surface area contributed by atoms with E-state index in [0.717, 1.165) is 12.8 Å². The predicted molar refractivity (Wildman–Crippen MR) is 77.3 cm³/mol. The highest BCUT2D eigenvalue weighted by Gasteiger charge is 2.41. The number of nitrogens with zero attached hydrogens (tertiary/aromatic N) is 2. The van der Waals surface area contributed by atoms with Gasteiger partial charge in [-0.3, -0.25) is 4.40 Å². The van der Waals surface area contributed by atoms with Crippen LogP contribution in [0.2, 0.25) is 5.15 Å². The molecule has 1 aliphatic rings. The summed E-state index contributed by atoms with van der Waals surface area (Å²) < 4.78 is 29.5. The molecule has 0 aliphatic heterocycles. The van der Waals surface area contributed by atoms with Gasteiger partial charge in [-0.25, -0.2) is 18.1 Å². The average Bonchev–Trinajstić information content (AvgIpc) is 3.10. The van der Waals surface area contributed by atoms with Crippen LogP contribution in [0.4, 0.5) is 0 Å². The first kappa shape index (κ1) is 13.9. The van der Waals surface area contributed by atoms with Gasteiger partial charge in [0.05, 0.1) is 0 Å². The van der Waals surface area contributed by atoms with Gasteiger partial charge in [-0.1, -0.05) is 17.7 Å². The van der Waals surface area contributed by atoms with Crippen molar-refractivity contribution in [1.82, 2.24) is 14.1 Å². The summed E-state index contributed by atoms with van der Waals surface area (Å²) >= 11 is 6.03. The number of imidazole rings is 1. The number of halogens is 1. The van der Waals surface area contributed by atoms with E-state index in [9.17, 15) is 8.42 Å². The zero-order valence-corrected chi connectivity index (χ0v) is 12.9.